The van der Waals surface area contributed by atoms with E-state index in [1.807, 2.05) is 0 Å². The van der Waals surface area contributed by atoms with Crippen LogP contribution in [-0.2, 0) is 6.42 Å². The lowest BCUT2D eigenvalue weighted by Crippen LogP contribution is -1.97. The molecule has 0 amide bonds. The number of ether oxygens (including phenoxy) is 2. The summed E-state index contributed by atoms with van der Waals surface area (Å²) in [5.41, 5.74) is 0.975. The third-order valence-corrected chi connectivity index (χ3v) is 1.94. The van der Waals surface area contributed by atoms with Gasteiger partial charge in [-0.15, -0.1) is 12.3 Å². The smallest absolute Gasteiger partial charge is 0.144 e. The summed E-state index contributed by atoms with van der Waals surface area (Å²) < 4.78 is 10.3. The highest BCUT2D eigenvalue weighted by Gasteiger charge is 2.09. The number of aromatic nitrogens is 1. The molecule has 0 aliphatic heterocycles. The summed E-state index contributed by atoms with van der Waals surface area (Å²) in [6.07, 6.45) is 9.94. The number of methoxy groups -OCH3 is 2. The fraction of sp³-hybridized carbons (Fsp3) is 0.364. The van der Waals surface area contributed by atoms with Gasteiger partial charge in [0.15, 0.2) is 0 Å². The number of rotatable bonds is 4. The predicted molar refractivity (Wildman–Crippen MR) is 54.5 cm³/mol. The average molecular weight is 191 g/mol. The van der Waals surface area contributed by atoms with E-state index < -0.39 is 0 Å². The summed E-state index contributed by atoms with van der Waals surface area (Å²) in [5.74, 6) is 4.03. The van der Waals surface area contributed by atoms with Crippen LogP contribution in [-0.4, -0.2) is 19.2 Å². The van der Waals surface area contributed by atoms with Crippen LogP contribution in [0.25, 0.3) is 0 Å². The molecule has 0 aromatic carbocycles. The van der Waals surface area contributed by atoms with Crippen LogP contribution in [0.1, 0.15) is 12.0 Å². The zero-order valence-corrected chi connectivity index (χ0v) is 8.41. The predicted octanol–water partition coefficient (Wildman–Crippen LogP) is 1.66. The van der Waals surface area contributed by atoms with E-state index in [4.69, 9.17) is 15.9 Å². The molecule has 3 heteroatoms. The topological polar surface area (TPSA) is 31.4 Å². The minimum absolute atomic E-state index is 0.663. The number of hydrogen-bond acceptors (Lipinski definition) is 3. The molecule has 1 heterocycles. The first-order valence-electron chi connectivity index (χ1n) is 4.31. The number of terminal acetylenes is 1. The molecular weight excluding hydrogens is 178 g/mol. The van der Waals surface area contributed by atoms with Crippen molar-refractivity contribution in [2.24, 2.45) is 0 Å². The maximum atomic E-state index is 5.21. The summed E-state index contributed by atoms with van der Waals surface area (Å²) in [6, 6.07) is 0. The fourth-order valence-corrected chi connectivity index (χ4v) is 1.25. The summed E-state index contributed by atoms with van der Waals surface area (Å²) >= 11 is 0. The largest absolute Gasteiger partial charge is 0.495 e. The van der Waals surface area contributed by atoms with Crippen molar-refractivity contribution in [2.45, 2.75) is 12.8 Å². The normalized spacial score (nSPS) is 9.21. The molecule has 0 aliphatic rings. The minimum atomic E-state index is 0.663. The average Bonchev–Trinajstić information content (AvgIpc) is 2.25. The first kappa shape index (κ1) is 10.4. The molecule has 0 spiro atoms. The van der Waals surface area contributed by atoms with Gasteiger partial charge in [0.25, 0.3) is 0 Å². The lowest BCUT2D eigenvalue weighted by molar-refractivity contribution is 0.382. The second-order valence-electron chi connectivity index (χ2n) is 2.73. The van der Waals surface area contributed by atoms with Crippen molar-refractivity contribution in [3.8, 4) is 23.8 Å². The number of hydrogen-bond donors (Lipinski definition) is 0. The molecule has 14 heavy (non-hydrogen) atoms. The van der Waals surface area contributed by atoms with Crippen LogP contribution in [0.2, 0.25) is 0 Å². The first-order valence-corrected chi connectivity index (χ1v) is 4.31. The van der Waals surface area contributed by atoms with E-state index in [1.54, 1.807) is 26.6 Å². The zero-order valence-electron chi connectivity index (χ0n) is 8.41. The van der Waals surface area contributed by atoms with Gasteiger partial charge in [0.2, 0.25) is 0 Å². The van der Waals surface area contributed by atoms with E-state index >= 15 is 0 Å². The van der Waals surface area contributed by atoms with Crippen molar-refractivity contribution < 1.29 is 9.47 Å². The summed E-state index contributed by atoms with van der Waals surface area (Å²) in [7, 11) is 3.21. The van der Waals surface area contributed by atoms with Crippen molar-refractivity contribution in [3.05, 3.63) is 18.0 Å². The highest BCUT2D eigenvalue weighted by molar-refractivity contribution is 5.42. The quantitative estimate of drug-likeness (QED) is 0.678. The van der Waals surface area contributed by atoms with Crippen LogP contribution >= 0.6 is 0 Å². The van der Waals surface area contributed by atoms with E-state index in [2.05, 4.69) is 10.9 Å². The minimum Gasteiger partial charge on any atom is -0.495 e. The van der Waals surface area contributed by atoms with Crippen molar-refractivity contribution in [1.29, 1.82) is 0 Å². The van der Waals surface area contributed by atoms with Crippen molar-refractivity contribution in [2.75, 3.05) is 14.2 Å². The molecule has 1 rings (SSSR count). The van der Waals surface area contributed by atoms with Crippen LogP contribution in [0.5, 0.6) is 11.5 Å². The van der Waals surface area contributed by atoms with Gasteiger partial charge in [0.05, 0.1) is 26.6 Å². The van der Waals surface area contributed by atoms with E-state index in [-0.39, 0.29) is 0 Å². The summed E-state index contributed by atoms with van der Waals surface area (Å²) in [4.78, 5) is 3.99. The highest BCUT2D eigenvalue weighted by atomic mass is 16.5. The van der Waals surface area contributed by atoms with Gasteiger partial charge in [-0.3, -0.25) is 4.98 Å². The Morgan fingerprint density at radius 2 is 1.86 bits per heavy atom. The molecule has 0 bridgehead atoms. The van der Waals surface area contributed by atoms with Gasteiger partial charge in [-0.1, -0.05) is 0 Å². The van der Waals surface area contributed by atoms with Crippen LogP contribution in [0.3, 0.4) is 0 Å². The maximum Gasteiger partial charge on any atom is 0.144 e. The van der Waals surface area contributed by atoms with Gasteiger partial charge < -0.3 is 9.47 Å². The number of nitrogens with zero attached hydrogens (tertiary/aromatic N) is 1. The van der Waals surface area contributed by atoms with E-state index in [1.165, 1.54) is 0 Å². The molecular formula is C11H13NO2. The van der Waals surface area contributed by atoms with Gasteiger partial charge in [-0.25, -0.2) is 0 Å². The molecule has 0 aliphatic carbocycles. The van der Waals surface area contributed by atoms with E-state index in [0.717, 1.165) is 23.5 Å². The van der Waals surface area contributed by atoms with Crippen LogP contribution < -0.4 is 9.47 Å². The Labute approximate surface area is 84.1 Å². The molecule has 3 nitrogen and oxygen atoms in total. The molecule has 1 aromatic rings. The SMILES string of the molecule is C#CCCc1c(OC)cncc1OC. The number of pyridine rings is 1. The fourth-order valence-electron chi connectivity index (χ4n) is 1.25. The molecule has 74 valence electrons. The summed E-state index contributed by atoms with van der Waals surface area (Å²) in [5, 5.41) is 0. The van der Waals surface area contributed by atoms with Crippen molar-refractivity contribution in [3.63, 3.8) is 0 Å². The first-order chi connectivity index (χ1) is 6.83. The van der Waals surface area contributed by atoms with Crippen LogP contribution in [0.4, 0.5) is 0 Å². The lowest BCUT2D eigenvalue weighted by atomic mass is 10.1. The Balaban J connectivity index is 3.00. The monoisotopic (exact) mass is 191 g/mol. The van der Waals surface area contributed by atoms with Gasteiger partial charge in [-0.05, 0) is 6.42 Å². The molecule has 0 saturated heterocycles. The van der Waals surface area contributed by atoms with Gasteiger partial charge >= 0.3 is 0 Å². The molecule has 0 atom stereocenters. The van der Waals surface area contributed by atoms with Gasteiger partial charge in [0, 0.05) is 12.0 Å². The van der Waals surface area contributed by atoms with Crippen molar-refractivity contribution >= 4 is 0 Å². The Morgan fingerprint density at radius 1 is 1.29 bits per heavy atom. The molecule has 0 unspecified atom stereocenters. The third-order valence-electron chi connectivity index (χ3n) is 1.94. The molecule has 0 saturated carbocycles. The van der Waals surface area contributed by atoms with Gasteiger partial charge in [0.1, 0.15) is 11.5 Å². The highest BCUT2D eigenvalue weighted by Crippen LogP contribution is 2.27. The molecule has 0 fully saturated rings. The van der Waals surface area contributed by atoms with Crippen LogP contribution in [0.15, 0.2) is 12.4 Å². The maximum absolute atomic E-state index is 5.21. The second kappa shape index (κ2) is 5.13. The van der Waals surface area contributed by atoms with Gasteiger partial charge in [-0.2, -0.15) is 0 Å². The Bertz CT molecular complexity index is 319. The lowest BCUT2D eigenvalue weighted by Gasteiger charge is -2.10. The Kier molecular flexibility index (Phi) is 3.81. The zero-order chi connectivity index (χ0) is 10.4. The van der Waals surface area contributed by atoms with Crippen LogP contribution in [0, 0.1) is 12.3 Å². The van der Waals surface area contributed by atoms with E-state index in [0.29, 0.717) is 6.42 Å². The summed E-state index contributed by atoms with van der Waals surface area (Å²) in [6.45, 7) is 0. The molecule has 0 N–H and O–H groups in total. The van der Waals surface area contributed by atoms with Crippen molar-refractivity contribution in [1.82, 2.24) is 4.98 Å². The molecule has 0 radical (unpaired) electrons. The molecule has 1 aromatic heterocycles. The Hall–Kier alpha value is -1.69. The van der Waals surface area contributed by atoms with E-state index in [9.17, 15) is 0 Å². The second-order valence-corrected chi connectivity index (χ2v) is 2.73. The third kappa shape index (κ3) is 2.17. The standard InChI is InChI=1S/C11H13NO2/c1-4-5-6-9-10(13-2)7-12-8-11(9)14-3/h1,7-8H,5-6H2,2-3H3. The Morgan fingerprint density at radius 3 is 2.29 bits per heavy atom.